The van der Waals surface area contributed by atoms with Crippen molar-refractivity contribution in [1.82, 2.24) is 0 Å². The van der Waals surface area contributed by atoms with Crippen molar-refractivity contribution >= 4 is 0 Å². The molecule has 0 N–H and O–H groups in total. The normalized spacial score (nSPS) is 17.6. The fourth-order valence-electron chi connectivity index (χ4n) is 4.93. The van der Waals surface area contributed by atoms with E-state index in [0.29, 0.717) is 5.92 Å². The summed E-state index contributed by atoms with van der Waals surface area (Å²) in [4.78, 5) is 0. The van der Waals surface area contributed by atoms with E-state index in [2.05, 4.69) is 31.2 Å². The van der Waals surface area contributed by atoms with E-state index in [4.69, 9.17) is 9.47 Å². The molecule has 34 heavy (non-hydrogen) atoms. The summed E-state index contributed by atoms with van der Waals surface area (Å²) < 4.78 is 38.8. The number of rotatable bonds is 10. The molecular formula is C30H34F2O2. The van der Waals surface area contributed by atoms with Gasteiger partial charge in [0, 0.05) is 0 Å². The van der Waals surface area contributed by atoms with Gasteiger partial charge in [0.05, 0.1) is 6.61 Å². The molecule has 2 unspecified atom stereocenters. The van der Waals surface area contributed by atoms with Crippen LogP contribution < -0.4 is 9.47 Å². The second-order valence-electron chi connectivity index (χ2n) is 9.25. The Bertz CT molecular complexity index is 1060. The summed E-state index contributed by atoms with van der Waals surface area (Å²) in [5, 5.41) is 0. The molecule has 2 atom stereocenters. The molecule has 0 spiro atoms. The first kappa shape index (κ1) is 24.3. The fourth-order valence-corrected chi connectivity index (χ4v) is 4.93. The molecule has 180 valence electrons. The van der Waals surface area contributed by atoms with Crippen molar-refractivity contribution in [3.8, 4) is 22.6 Å². The lowest BCUT2D eigenvalue weighted by molar-refractivity contribution is 0.274. The van der Waals surface area contributed by atoms with Crippen LogP contribution in [0.4, 0.5) is 8.78 Å². The lowest BCUT2D eigenvalue weighted by Crippen LogP contribution is -2.02. The maximum Gasteiger partial charge on any atom is 0.204 e. The largest absolute Gasteiger partial charge is 0.491 e. The highest BCUT2D eigenvalue weighted by Crippen LogP contribution is 2.40. The molecule has 3 aromatic rings. The van der Waals surface area contributed by atoms with Crippen LogP contribution in [0.25, 0.3) is 11.1 Å². The minimum atomic E-state index is -1.03. The quantitative estimate of drug-likeness (QED) is 0.299. The van der Waals surface area contributed by atoms with Crippen LogP contribution >= 0.6 is 0 Å². The molecule has 0 aliphatic heterocycles. The Morgan fingerprint density at radius 1 is 0.765 bits per heavy atom. The number of ether oxygens (including phenoxy) is 2. The predicted octanol–water partition coefficient (Wildman–Crippen LogP) is 8.68. The molecule has 0 saturated heterocycles. The molecule has 0 bridgehead atoms. The standard InChI is InChI=1S/C30H34F2O2/c1-3-5-6-21-7-12-26(19-21)25-15-13-24(14-16-25)23-10-8-22(9-11-23)20-34-28-18-17-27(33-4-2)29(31)30(28)32/h8-11,13-18,21,26H,3-7,12,19-20H2,1-2H3. The summed E-state index contributed by atoms with van der Waals surface area (Å²) in [5.41, 5.74) is 4.65. The van der Waals surface area contributed by atoms with Crippen LogP contribution in [0.5, 0.6) is 11.5 Å². The summed E-state index contributed by atoms with van der Waals surface area (Å²) >= 11 is 0. The Balaban J connectivity index is 1.34. The maximum atomic E-state index is 14.2. The topological polar surface area (TPSA) is 18.5 Å². The van der Waals surface area contributed by atoms with E-state index in [9.17, 15) is 8.78 Å². The fraction of sp³-hybridized carbons (Fsp3) is 0.400. The highest BCUT2D eigenvalue weighted by Gasteiger charge is 2.25. The Labute approximate surface area is 201 Å². The van der Waals surface area contributed by atoms with E-state index in [0.717, 1.165) is 17.0 Å². The van der Waals surface area contributed by atoms with Crippen LogP contribution in [0.15, 0.2) is 60.7 Å². The van der Waals surface area contributed by atoms with Gasteiger partial charge in [0.15, 0.2) is 11.5 Å². The van der Waals surface area contributed by atoms with Crippen LogP contribution in [-0.4, -0.2) is 6.61 Å². The van der Waals surface area contributed by atoms with Crippen LogP contribution in [0.2, 0.25) is 0 Å². The first-order valence-electron chi connectivity index (χ1n) is 12.5. The maximum absolute atomic E-state index is 14.2. The van der Waals surface area contributed by atoms with Crippen molar-refractivity contribution in [2.24, 2.45) is 5.92 Å². The average molecular weight is 465 g/mol. The van der Waals surface area contributed by atoms with E-state index in [1.54, 1.807) is 6.92 Å². The molecule has 3 aromatic carbocycles. The zero-order chi connectivity index (χ0) is 23.9. The molecule has 4 heteroatoms. The molecule has 0 radical (unpaired) electrons. The van der Waals surface area contributed by atoms with Crippen molar-refractivity contribution in [2.75, 3.05) is 6.61 Å². The third kappa shape index (κ3) is 5.78. The molecule has 0 amide bonds. The van der Waals surface area contributed by atoms with Gasteiger partial charge < -0.3 is 9.47 Å². The first-order chi connectivity index (χ1) is 16.6. The minimum Gasteiger partial charge on any atom is -0.491 e. The van der Waals surface area contributed by atoms with Gasteiger partial charge in [0.2, 0.25) is 11.6 Å². The summed E-state index contributed by atoms with van der Waals surface area (Å²) in [5.74, 6) is -0.680. The third-order valence-electron chi connectivity index (χ3n) is 6.88. The van der Waals surface area contributed by atoms with Crippen LogP contribution in [0.3, 0.4) is 0 Å². The van der Waals surface area contributed by atoms with Crippen molar-refractivity contribution in [2.45, 2.75) is 64.9 Å². The summed E-state index contributed by atoms with van der Waals surface area (Å²) in [6.45, 7) is 4.42. The van der Waals surface area contributed by atoms with Gasteiger partial charge >= 0.3 is 0 Å². The Kier molecular flexibility index (Phi) is 8.21. The molecule has 4 rings (SSSR count). The smallest absolute Gasteiger partial charge is 0.204 e. The Morgan fingerprint density at radius 3 is 2.00 bits per heavy atom. The van der Waals surface area contributed by atoms with Gasteiger partial charge in [-0.15, -0.1) is 0 Å². The summed E-state index contributed by atoms with van der Waals surface area (Å²) in [7, 11) is 0. The Hall–Kier alpha value is -2.88. The zero-order valence-corrected chi connectivity index (χ0v) is 20.2. The number of hydrogen-bond donors (Lipinski definition) is 0. The van der Waals surface area contributed by atoms with Gasteiger partial charge in [-0.2, -0.15) is 8.78 Å². The number of halogens is 2. The number of unbranched alkanes of at least 4 members (excludes halogenated alkanes) is 1. The van der Waals surface area contributed by atoms with Crippen molar-refractivity contribution in [1.29, 1.82) is 0 Å². The highest BCUT2D eigenvalue weighted by atomic mass is 19.2. The molecular weight excluding hydrogens is 430 g/mol. The zero-order valence-electron chi connectivity index (χ0n) is 20.2. The molecule has 1 saturated carbocycles. The SMILES string of the molecule is CCCCC1CCC(c2ccc(-c3ccc(COc4ccc(OCC)c(F)c4F)cc3)cc2)C1. The van der Waals surface area contributed by atoms with Gasteiger partial charge in [0.1, 0.15) is 6.61 Å². The molecule has 1 aliphatic carbocycles. The first-order valence-corrected chi connectivity index (χ1v) is 12.5. The summed E-state index contributed by atoms with van der Waals surface area (Å²) in [6.07, 6.45) is 8.01. The predicted molar refractivity (Wildman–Crippen MR) is 133 cm³/mol. The number of benzene rings is 3. The van der Waals surface area contributed by atoms with E-state index in [1.807, 2.05) is 24.3 Å². The van der Waals surface area contributed by atoms with Gasteiger partial charge in [-0.25, -0.2) is 0 Å². The van der Waals surface area contributed by atoms with E-state index >= 15 is 0 Å². The average Bonchev–Trinajstić information content (AvgIpc) is 3.35. The second kappa shape index (κ2) is 11.5. The molecule has 1 fully saturated rings. The van der Waals surface area contributed by atoms with Crippen LogP contribution in [-0.2, 0) is 6.61 Å². The van der Waals surface area contributed by atoms with Crippen molar-refractivity contribution < 1.29 is 18.3 Å². The monoisotopic (exact) mass is 464 g/mol. The van der Waals surface area contributed by atoms with Crippen LogP contribution in [0, 0.1) is 17.6 Å². The molecule has 2 nitrogen and oxygen atoms in total. The Morgan fingerprint density at radius 2 is 1.38 bits per heavy atom. The minimum absolute atomic E-state index is 0.105. The van der Waals surface area contributed by atoms with Crippen LogP contribution in [0.1, 0.15) is 69.4 Å². The summed E-state index contributed by atoms with van der Waals surface area (Å²) in [6, 6.07) is 19.8. The molecule has 0 aromatic heterocycles. The second-order valence-corrected chi connectivity index (χ2v) is 9.25. The lowest BCUT2D eigenvalue weighted by Gasteiger charge is -2.13. The van der Waals surface area contributed by atoms with E-state index < -0.39 is 11.6 Å². The molecule has 0 heterocycles. The van der Waals surface area contributed by atoms with Crippen molar-refractivity contribution in [3.63, 3.8) is 0 Å². The van der Waals surface area contributed by atoms with Gasteiger partial charge in [-0.05, 0) is 72.4 Å². The highest BCUT2D eigenvalue weighted by molar-refractivity contribution is 5.64. The lowest BCUT2D eigenvalue weighted by atomic mass is 9.93. The number of hydrogen-bond acceptors (Lipinski definition) is 2. The third-order valence-corrected chi connectivity index (χ3v) is 6.88. The van der Waals surface area contributed by atoms with E-state index in [-0.39, 0.29) is 24.7 Å². The molecule has 1 aliphatic rings. The van der Waals surface area contributed by atoms with E-state index in [1.165, 1.54) is 61.8 Å². The van der Waals surface area contributed by atoms with Gasteiger partial charge in [0.25, 0.3) is 0 Å². The van der Waals surface area contributed by atoms with Gasteiger partial charge in [-0.3, -0.25) is 0 Å². The van der Waals surface area contributed by atoms with Gasteiger partial charge in [-0.1, -0.05) is 74.7 Å². The van der Waals surface area contributed by atoms with Crippen molar-refractivity contribution in [3.05, 3.63) is 83.4 Å².